The van der Waals surface area contributed by atoms with Crippen molar-refractivity contribution < 1.29 is 14.3 Å². The van der Waals surface area contributed by atoms with Crippen LogP contribution in [0.15, 0.2) is 58.1 Å². The molecule has 0 saturated heterocycles. The van der Waals surface area contributed by atoms with Crippen molar-refractivity contribution in [1.82, 2.24) is 10.7 Å². The summed E-state index contributed by atoms with van der Waals surface area (Å²) in [6, 6.07) is 15.0. The zero-order valence-electron chi connectivity index (χ0n) is 17.3. The molecule has 30 heavy (non-hydrogen) atoms. The van der Waals surface area contributed by atoms with E-state index >= 15 is 0 Å². The highest BCUT2D eigenvalue weighted by atomic mass is 79.9. The molecule has 0 saturated carbocycles. The molecule has 2 N–H and O–H groups in total. The first-order valence-corrected chi connectivity index (χ1v) is 11.3. The Morgan fingerprint density at radius 1 is 1.10 bits per heavy atom. The van der Waals surface area contributed by atoms with E-state index in [4.69, 9.17) is 4.74 Å². The first-order chi connectivity index (χ1) is 14.2. The van der Waals surface area contributed by atoms with Crippen LogP contribution in [0.4, 0.5) is 0 Å². The molecule has 6 nitrogen and oxygen atoms in total. The smallest absolute Gasteiger partial charge is 0.258 e. The van der Waals surface area contributed by atoms with Gasteiger partial charge in [-0.25, -0.2) is 5.43 Å². The monoisotopic (exact) mass is 491 g/mol. The molecule has 2 amide bonds. The average molecular weight is 492 g/mol. The highest BCUT2D eigenvalue weighted by Crippen LogP contribution is 2.21. The van der Waals surface area contributed by atoms with E-state index in [1.165, 1.54) is 11.8 Å². The lowest BCUT2D eigenvalue weighted by molar-refractivity contribution is -0.124. The van der Waals surface area contributed by atoms with Gasteiger partial charge in [-0.15, -0.1) is 11.8 Å². The fraction of sp³-hybridized carbons (Fsp3) is 0.318. The number of carbonyl (C=O) groups is 2. The molecular weight excluding hydrogens is 466 g/mol. The van der Waals surface area contributed by atoms with Crippen LogP contribution in [0, 0.1) is 0 Å². The summed E-state index contributed by atoms with van der Waals surface area (Å²) in [5.41, 5.74) is 4.19. The lowest BCUT2D eigenvalue weighted by Gasteiger charge is -2.20. The number of halogens is 1. The highest BCUT2D eigenvalue weighted by Gasteiger charge is 2.13. The minimum atomic E-state index is -0.290. The molecule has 160 valence electrons. The van der Waals surface area contributed by atoms with Crippen LogP contribution < -0.4 is 15.5 Å². The number of rotatable bonds is 9. The zero-order chi connectivity index (χ0) is 22.0. The van der Waals surface area contributed by atoms with E-state index in [0.29, 0.717) is 11.5 Å². The molecule has 0 heterocycles. The van der Waals surface area contributed by atoms with E-state index in [1.54, 1.807) is 30.5 Å². The van der Waals surface area contributed by atoms with E-state index < -0.39 is 0 Å². The summed E-state index contributed by atoms with van der Waals surface area (Å²) in [6.07, 6.45) is 1.56. The third-order valence-electron chi connectivity index (χ3n) is 3.62. The number of benzene rings is 2. The molecule has 2 aromatic carbocycles. The second-order valence-electron chi connectivity index (χ2n) is 7.53. The number of hydrazone groups is 1. The van der Waals surface area contributed by atoms with E-state index in [0.717, 1.165) is 21.4 Å². The number of thioether (sulfide) groups is 1. The van der Waals surface area contributed by atoms with Crippen LogP contribution in [0.25, 0.3) is 0 Å². The van der Waals surface area contributed by atoms with Crippen molar-refractivity contribution in [2.45, 2.75) is 32.1 Å². The van der Waals surface area contributed by atoms with Crippen LogP contribution >= 0.6 is 27.7 Å². The van der Waals surface area contributed by atoms with Gasteiger partial charge in [0.1, 0.15) is 5.75 Å². The van der Waals surface area contributed by atoms with Crippen LogP contribution in [0.2, 0.25) is 0 Å². The van der Waals surface area contributed by atoms with E-state index in [9.17, 15) is 9.59 Å². The molecule has 0 bridgehead atoms. The lowest BCUT2D eigenvalue weighted by atomic mass is 10.1. The third-order valence-corrected chi connectivity index (χ3v) is 5.37. The Hall–Kier alpha value is -2.32. The molecule has 0 aliphatic rings. The van der Waals surface area contributed by atoms with Crippen LogP contribution in [-0.2, 0) is 15.3 Å². The first kappa shape index (κ1) is 24.0. The van der Waals surface area contributed by atoms with E-state index in [1.807, 2.05) is 45.0 Å². The Bertz CT molecular complexity index is 880. The molecule has 0 aliphatic carbocycles. The third kappa shape index (κ3) is 9.45. The Morgan fingerprint density at radius 3 is 2.47 bits per heavy atom. The summed E-state index contributed by atoms with van der Waals surface area (Å²) in [5.74, 6) is 1.32. The maximum Gasteiger partial charge on any atom is 0.258 e. The summed E-state index contributed by atoms with van der Waals surface area (Å²) in [6.45, 7) is 5.70. The molecule has 2 aromatic rings. The van der Waals surface area contributed by atoms with Gasteiger partial charge in [0.15, 0.2) is 6.61 Å². The highest BCUT2D eigenvalue weighted by molar-refractivity contribution is 9.10. The fourth-order valence-corrected chi connectivity index (χ4v) is 3.77. The van der Waals surface area contributed by atoms with Gasteiger partial charge in [-0.1, -0.05) is 34.1 Å². The molecule has 0 fully saturated rings. The Kier molecular flexibility index (Phi) is 9.39. The van der Waals surface area contributed by atoms with Crippen molar-refractivity contribution in [2.24, 2.45) is 5.10 Å². The summed E-state index contributed by atoms with van der Waals surface area (Å²) in [7, 11) is 0. The SMILES string of the molecule is CC(C)(C)NC(=O)COc1ccc(C=NNC(=O)CSCc2ccccc2Br)cc1. The Morgan fingerprint density at radius 2 is 1.80 bits per heavy atom. The van der Waals surface area contributed by atoms with Crippen molar-refractivity contribution >= 4 is 45.7 Å². The first-order valence-electron chi connectivity index (χ1n) is 9.40. The molecule has 0 aliphatic heterocycles. The van der Waals surface area contributed by atoms with E-state index in [2.05, 4.69) is 31.8 Å². The van der Waals surface area contributed by atoms with Gasteiger partial charge < -0.3 is 10.1 Å². The number of carbonyl (C=O) groups excluding carboxylic acids is 2. The Labute approximate surface area is 190 Å². The summed E-state index contributed by atoms with van der Waals surface area (Å²) >= 11 is 5.02. The van der Waals surface area contributed by atoms with Gasteiger partial charge in [-0.05, 0) is 62.2 Å². The standard InChI is InChI=1S/C22H26BrN3O3S/c1-22(2,3)25-20(27)13-29-18-10-8-16(9-11-18)12-24-26-21(28)15-30-14-17-6-4-5-7-19(17)23/h4-12H,13-15H2,1-3H3,(H,25,27)(H,26,28). The fourth-order valence-electron chi connectivity index (χ4n) is 2.33. The van der Waals surface area contributed by atoms with E-state index in [-0.39, 0.29) is 24.0 Å². The number of ether oxygens (including phenoxy) is 1. The van der Waals surface area contributed by atoms with Gasteiger partial charge in [0, 0.05) is 15.8 Å². The molecule has 0 atom stereocenters. The number of nitrogens with zero attached hydrogens (tertiary/aromatic N) is 1. The van der Waals surface area contributed by atoms with Gasteiger partial charge in [-0.2, -0.15) is 5.10 Å². The van der Waals surface area contributed by atoms with Crippen molar-refractivity contribution in [3.63, 3.8) is 0 Å². The van der Waals surface area contributed by atoms with Crippen molar-refractivity contribution in [2.75, 3.05) is 12.4 Å². The summed E-state index contributed by atoms with van der Waals surface area (Å²) in [4.78, 5) is 23.7. The van der Waals surface area contributed by atoms with Gasteiger partial charge in [0.05, 0.1) is 12.0 Å². The predicted molar refractivity (Wildman–Crippen MR) is 126 cm³/mol. The van der Waals surface area contributed by atoms with Crippen LogP contribution in [0.1, 0.15) is 31.9 Å². The lowest BCUT2D eigenvalue weighted by Crippen LogP contribution is -2.43. The number of hydrogen-bond donors (Lipinski definition) is 2. The van der Waals surface area contributed by atoms with Gasteiger partial charge in [-0.3, -0.25) is 9.59 Å². The topological polar surface area (TPSA) is 79.8 Å². The minimum absolute atomic E-state index is 0.0437. The molecule has 8 heteroatoms. The number of amides is 2. The van der Waals surface area contributed by atoms with Crippen LogP contribution in [0.5, 0.6) is 5.75 Å². The second-order valence-corrected chi connectivity index (χ2v) is 9.37. The molecule has 0 aromatic heterocycles. The van der Waals surface area contributed by atoms with Gasteiger partial charge in [0.2, 0.25) is 5.91 Å². The number of hydrogen-bond acceptors (Lipinski definition) is 5. The van der Waals surface area contributed by atoms with Crippen LogP contribution in [-0.4, -0.2) is 35.9 Å². The second kappa shape index (κ2) is 11.8. The predicted octanol–water partition coefficient (Wildman–Crippen LogP) is 4.13. The van der Waals surface area contributed by atoms with Crippen molar-refractivity contribution in [3.8, 4) is 5.75 Å². The molecular formula is C22H26BrN3O3S. The van der Waals surface area contributed by atoms with Crippen molar-refractivity contribution in [3.05, 3.63) is 64.1 Å². The molecule has 0 unspecified atom stereocenters. The van der Waals surface area contributed by atoms with Gasteiger partial charge in [0.25, 0.3) is 5.91 Å². The zero-order valence-corrected chi connectivity index (χ0v) is 19.7. The average Bonchev–Trinajstić information content (AvgIpc) is 2.67. The van der Waals surface area contributed by atoms with Crippen molar-refractivity contribution in [1.29, 1.82) is 0 Å². The van der Waals surface area contributed by atoms with Gasteiger partial charge >= 0.3 is 0 Å². The van der Waals surface area contributed by atoms with Crippen LogP contribution in [0.3, 0.4) is 0 Å². The molecule has 0 radical (unpaired) electrons. The summed E-state index contributed by atoms with van der Waals surface area (Å²) < 4.78 is 6.51. The summed E-state index contributed by atoms with van der Waals surface area (Å²) in [5, 5.41) is 6.81. The maximum atomic E-state index is 11.9. The minimum Gasteiger partial charge on any atom is -0.484 e. The Balaban J connectivity index is 1.70. The largest absolute Gasteiger partial charge is 0.484 e. The molecule has 2 rings (SSSR count). The maximum absolute atomic E-state index is 11.9. The number of nitrogens with one attached hydrogen (secondary N) is 2. The normalized spacial score (nSPS) is 11.3. The molecule has 0 spiro atoms. The quantitative estimate of drug-likeness (QED) is 0.408.